The lowest BCUT2D eigenvalue weighted by molar-refractivity contribution is -0.159. The van der Waals surface area contributed by atoms with Crippen LogP contribution in [0.1, 0.15) is 36.4 Å². The normalized spacial score (nSPS) is 21.5. The number of ether oxygens (including phenoxy) is 1. The van der Waals surface area contributed by atoms with Crippen LogP contribution in [0.15, 0.2) is 17.5 Å². The quantitative estimate of drug-likeness (QED) is 0.750. The van der Waals surface area contributed by atoms with Gasteiger partial charge in [-0.1, -0.05) is 19.9 Å². The van der Waals surface area contributed by atoms with Crippen LogP contribution < -0.4 is 5.32 Å². The van der Waals surface area contributed by atoms with E-state index in [2.05, 4.69) is 5.32 Å². The Morgan fingerprint density at radius 2 is 2.15 bits per heavy atom. The van der Waals surface area contributed by atoms with Crippen molar-refractivity contribution in [3.05, 3.63) is 22.4 Å². The monoisotopic (exact) mass is 382 g/mol. The van der Waals surface area contributed by atoms with Gasteiger partial charge in [-0.05, 0) is 30.2 Å². The lowest BCUT2D eigenvalue weighted by Crippen LogP contribution is -2.57. The van der Waals surface area contributed by atoms with E-state index in [0.29, 0.717) is 24.3 Å². The number of hydrogen-bond acceptors (Lipinski definition) is 5. The molecule has 1 aliphatic heterocycles. The Balaban J connectivity index is 2.15. The van der Waals surface area contributed by atoms with Crippen LogP contribution in [-0.4, -0.2) is 60.6 Å². The number of methoxy groups -OCH3 is 1. The molecule has 1 aliphatic rings. The van der Waals surface area contributed by atoms with E-state index in [1.54, 1.807) is 22.4 Å². The number of carbonyl (C=O) groups is 3. The summed E-state index contributed by atoms with van der Waals surface area (Å²) in [6.07, 6.45) is 1.05. The first-order valence-corrected chi connectivity index (χ1v) is 9.54. The fourth-order valence-electron chi connectivity index (χ4n) is 3.28. The molecule has 8 heteroatoms. The van der Waals surface area contributed by atoms with Crippen molar-refractivity contribution in [2.45, 2.75) is 32.7 Å². The highest BCUT2D eigenvalue weighted by Crippen LogP contribution is 2.31. The number of amides is 2. The van der Waals surface area contributed by atoms with Crippen molar-refractivity contribution in [3.8, 4) is 0 Å². The van der Waals surface area contributed by atoms with E-state index < -0.39 is 17.4 Å². The van der Waals surface area contributed by atoms with Gasteiger partial charge in [0.1, 0.15) is 11.5 Å². The number of carboxylic acid groups (broad SMARTS) is 1. The van der Waals surface area contributed by atoms with Crippen LogP contribution in [0.25, 0.3) is 0 Å². The number of aliphatic carboxylic acids is 1. The topological polar surface area (TPSA) is 95.9 Å². The van der Waals surface area contributed by atoms with Gasteiger partial charge in [0.25, 0.3) is 5.91 Å². The molecule has 2 N–H and O–H groups in total. The predicted molar refractivity (Wildman–Crippen MR) is 98.2 cm³/mol. The molecule has 1 aromatic heterocycles. The Kier molecular flexibility index (Phi) is 6.77. The summed E-state index contributed by atoms with van der Waals surface area (Å²) in [6.45, 7) is 4.35. The van der Waals surface area contributed by atoms with E-state index in [0.717, 1.165) is 0 Å². The molecule has 0 bridgehead atoms. The Bertz CT molecular complexity index is 642. The molecule has 0 aromatic carbocycles. The molecular formula is C18H26N2O5S. The Labute approximate surface area is 157 Å². The molecule has 144 valence electrons. The smallest absolute Gasteiger partial charge is 0.313 e. The SMILES string of the molecule is COCC1(C(=O)O)CCCN(C(=O)C(NC(=O)c2cccs2)C(C)C)C1. The van der Waals surface area contributed by atoms with Crippen molar-refractivity contribution >= 4 is 29.1 Å². The van der Waals surface area contributed by atoms with Gasteiger partial charge < -0.3 is 20.1 Å². The van der Waals surface area contributed by atoms with Gasteiger partial charge in [0.2, 0.25) is 5.91 Å². The summed E-state index contributed by atoms with van der Waals surface area (Å²) < 4.78 is 5.11. The number of rotatable bonds is 7. The van der Waals surface area contributed by atoms with Gasteiger partial charge in [-0.15, -0.1) is 11.3 Å². The van der Waals surface area contributed by atoms with Crippen LogP contribution in [0.3, 0.4) is 0 Å². The highest BCUT2D eigenvalue weighted by atomic mass is 32.1. The molecule has 1 saturated heterocycles. The van der Waals surface area contributed by atoms with Crippen molar-refractivity contribution < 1.29 is 24.2 Å². The van der Waals surface area contributed by atoms with Crippen molar-refractivity contribution in [1.29, 1.82) is 0 Å². The van der Waals surface area contributed by atoms with Crippen LogP contribution in [0.2, 0.25) is 0 Å². The van der Waals surface area contributed by atoms with E-state index in [1.165, 1.54) is 18.4 Å². The number of hydrogen-bond donors (Lipinski definition) is 2. The Morgan fingerprint density at radius 3 is 2.69 bits per heavy atom. The summed E-state index contributed by atoms with van der Waals surface area (Å²) in [5.74, 6) is -1.60. The zero-order valence-corrected chi connectivity index (χ0v) is 16.2. The first-order valence-electron chi connectivity index (χ1n) is 8.66. The van der Waals surface area contributed by atoms with Crippen LogP contribution in [0.5, 0.6) is 0 Å². The van der Waals surface area contributed by atoms with E-state index in [9.17, 15) is 19.5 Å². The largest absolute Gasteiger partial charge is 0.481 e. The minimum absolute atomic E-state index is 0.0556. The van der Waals surface area contributed by atoms with Gasteiger partial charge in [-0.25, -0.2) is 0 Å². The summed E-state index contributed by atoms with van der Waals surface area (Å²) in [5.41, 5.74) is -1.10. The number of nitrogens with zero attached hydrogens (tertiary/aromatic N) is 1. The van der Waals surface area contributed by atoms with Crippen LogP contribution in [0, 0.1) is 11.3 Å². The average Bonchev–Trinajstić information content (AvgIpc) is 3.13. The van der Waals surface area contributed by atoms with Crippen LogP contribution >= 0.6 is 11.3 Å². The number of nitrogens with one attached hydrogen (secondary N) is 1. The number of piperidine rings is 1. The average molecular weight is 382 g/mol. The summed E-state index contributed by atoms with van der Waals surface area (Å²) >= 11 is 1.31. The van der Waals surface area contributed by atoms with Crippen molar-refractivity contribution in [3.63, 3.8) is 0 Å². The Hall–Kier alpha value is -1.93. The van der Waals surface area contributed by atoms with Crippen LogP contribution in [0.4, 0.5) is 0 Å². The third-order valence-electron chi connectivity index (χ3n) is 4.73. The number of carbonyl (C=O) groups excluding carboxylic acids is 2. The summed E-state index contributed by atoms with van der Waals surface area (Å²) in [6, 6.07) is 2.79. The van der Waals surface area contributed by atoms with E-state index in [4.69, 9.17) is 4.74 Å². The molecule has 2 unspecified atom stereocenters. The highest BCUT2D eigenvalue weighted by Gasteiger charge is 2.45. The van der Waals surface area contributed by atoms with Crippen molar-refractivity contribution in [2.75, 3.05) is 26.8 Å². The molecule has 26 heavy (non-hydrogen) atoms. The molecule has 1 aromatic rings. The lowest BCUT2D eigenvalue weighted by atomic mass is 9.80. The maximum Gasteiger partial charge on any atom is 0.313 e. The third-order valence-corrected chi connectivity index (χ3v) is 5.60. The highest BCUT2D eigenvalue weighted by molar-refractivity contribution is 7.12. The minimum atomic E-state index is -1.10. The number of likely N-dealkylation sites (tertiary alicyclic amines) is 1. The molecule has 2 atom stereocenters. The zero-order chi connectivity index (χ0) is 19.3. The van der Waals surface area contributed by atoms with Gasteiger partial charge in [0.15, 0.2) is 0 Å². The maximum absolute atomic E-state index is 13.0. The molecule has 2 amide bonds. The fraction of sp³-hybridized carbons (Fsp3) is 0.611. The zero-order valence-electron chi connectivity index (χ0n) is 15.4. The molecule has 0 radical (unpaired) electrons. The van der Waals surface area contributed by atoms with E-state index in [1.807, 2.05) is 13.8 Å². The van der Waals surface area contributed by atoms with Gasteiger partial charge in [-0.3, -0.25) is 14.4 Å². The van der Waals surface area contributed by atoms with Gasteiger partial charge in [-0.2, -0.15) is 0 Å². The second kappa shape index (κ2) is 8.64. The van der Waals surface area contributed by atoms with Crippen LogP contribution in [-0.2, 0) is 14.3 Å². The van der Waals surface area contributed by atoms with Gasteiger partial charge in [0.05, 0.1) is 11.5 Å². The standard InChI is InChI=1S/C18H26N2O5S/c1-12(2)14(19-15(21)13-6-4-9-26-13)16(22)20-8-5-7-18(10-20,11-25-3)17(23)24/h4,6,9,12,14H,5,7-8,10-11H2,1-3H3,(H,19,21)(H,23,24). The molecule has 2 rings (SSSR count). The first-order chi connectivity index (χ1) is 12.3. The summed E-state index contributed by atoms with van der Waals surface area (Å²) in [5, 5.41) is 14.3. The second-order valence-electron chi connectivity index (χ2n) is 7.05. The van der Waals surface area contributed by atoms with E-state index >= 15 is 0 Å². The second-order valence-corrected chi connectivity index (χ2v) is 8.00. The van der Waals surface area contributed by atoms with Gasteiger partial charge >= 0.3 is 5.97 Å². The predicted octanol–water partition coefficient (Wildman–Crippen LogP) is 1.84. The first kappa shape index (κ1) is 20.4. The molecular weight excluding hydrogens is 356 g/mol. The fourth-order valence-corrected chi connectivity index (χ4v) is 3.91. The lowest BCUT2D eigenvalue weighted by Gasteiger charge is -2.41. The molecule has 0 aliphatic carbocycles. The van der Waals surface area contributed by atoms with Crippen molar-refractivity contribution in [1.82, 2.24) is 10.2 Å². The molecule has 0 saturated carbocycles. The molecule has 1 fully saturated rings. The van der Waals surface area contributed by atoms with Gasteiger partial charge in [0, 0.05) is 20.2 Å². The minimum Gasteiger partial charge on any atom is -0.481 e. The maximum atomic E-state index is 13.0. The molecule has 2 heterocycles. The third kappa shape index (κ3) is 4.42. The summed E-state index contributed by atoms with van der Waals surface area (Å²) in [4.78, 5) is 39.3. The summed E-state index contributed by atoms with van der Waals surface area (Å²) in [7, 11) is 1.46. The van der Waals surface area contributed by atoms with E-state index in [-0.39, 0.29) is 30.9 Å². The number of carboxylic acids is 1. The number of thiophene rings is 1. The van der Waals surface area contributed by atoms with Crippen molar-refractivity contribution in [2.24, 2.45) is 11.3 Å². The molecule has 0 spiro atoms. The Morgan fingerprint density at radius 1 is 1.42 bits per heavy atom. The molecule has 7 nitrogen and oxygen atoms in total.